The van der Waals surface area contributed by atoms with Crippen molar-refractivity contribution in [3.8, 4) is 0 Å². The Hall–Kier alpha value is 0.260. The highest BCUT2D eigenvalue weighted by Crippen LogP contribution is 2.28. The molecule has 1 fully saturated rings. The molecule has 0 radical (unpaired) electrons. The van der Waals surface area contributed by atoms with E-state index < -0.39 is 9.84 Å². The number of nitrogens with one attached hydrogen (secondary N) is 1. The molecule has 0 aromatic heterocycles. The molecule has 0 amide bonds. The number of hydrogen-bond acceptors (Lipinski definition) is 4. The van der Waals surface area contributed by atoms with E-state index in [1.807, 2.05) is 18.8 Å². The van der Waals surface area contributed by atoms with Gasteiger partial charge in [0.1, 0.15) is 0 Å². The second-order valence-electron chi connectivity index (χ2n) is 4.26. The molecule has 0 spiro atoms. The van der Waals surface area contributed by atoms with Crippen LogP contribution in [0.3, 0.4) is 0 Å². The van der Waals surface area contributed by atoms with Gasteiger partial charge < -0.3 is 5.32 Å². The third-order valence-corrected chi connectivity index (χ3v) is 5.53. The van der Waals surface area contributed by atoms with Crippen LogP contribution in [0.25, 0.3) is 0 Å². The molecule has 0 aromatic carbocycles. The maximum absolute atomic E-state index is 11.4. The van der Waals surface area contributed by atoms with E-state index in [-0.39, 0.29) is 0 Å². The summed E-state index contributed by atoms with van der Waals surface area (Å²) in [6.45, 7) is 0.945. The lowest BCUT2D eigenvalue weighted by Crippen LogP contribution is -2.27. The average Bonchev–Trinajstić information content (AvgIpc) is 2.53. The summed E-state index contributed by atoms with van der Waals surface area (Å²) in [6, 6.07) is 0. The van der Waals surface area contributed by atoms with Gasteiger partial charge in [-0.05, 0) is 50.3 Å². The van der Waals surface area contributed by atoms with E-state index in [1.165, 1.54) is 0 Å². The number of thioether (sulfide) groups is 1. The van der Waals surface area contributed by atoms with Gasteiger partial charge in [0, 0.05) is 0 Å². The molecule has 1 rings (SSSR count). The summed E-state index contributed by atoms with van der Waals surface area (Å²) < 4.78 is 22.8. The Morgan fingerprint density at radius 2 is 2.27 bits per heavy atom. The molecule has 5 heteroatoms. The second kappa shape index (κ2) is 6.11. The molecule has 0 saturated carbocycles. The third kappa shape index (κ3) is 4.33. The molecule has 1 saturated heterocycles. The van der Waals surface area contributed by atoms with Crippen LogP contribution in [0.5, 0.6) is 0 Å². The Morgan fingerprint density at radius 1 is 1.53 bits per heavy atom. The van der Waals surface area contributed by atoms with Gasteiger partial charge in [-0.1, -0.05) is 0 Å². The van der Waals surface area contributed by atoms with Gasteiger partial charge in [0.2, 0.25) is 0 Å². The van der Waals surface area contributed by atoms with Crippen molar-refractivity contribution in [2.45, 2.75) is 12.8 Å². The highest BCUT2D eigenvalue weighted by molar-refractivity contribution is 7.98. The van der Waals surface area contributed by atoms with E-state index in [2.05, 4.69) is 11.6 Å². The lowest BCUT2D eigenvalue weighted by atomic mass is 9.89. The molecule has 0 aromatic rings. The number of hydrogen-bond donors (Lipinski definition) is 1. The van der Waals surface area contributed by atoms with Gasteiger partial charge in [0.05, 0.1) is 11.5 Å². The standard InChI is InChI=1S/C10H21NO2S2/c1-11-7-9(3-5-14-2)10-4-6-15(12,13)8-10/h9-11H,3-8H2,1-2H3. The first-order chi connectivity index (χ1) is 7.09. The molecular weight excluding hydrogens is 230 g/mol. The zero-order valence-electron chi connectivity index (χ0n) is 9.53. The quantitative estimate of drug-likeness (QED) is 0.765. The molecule has 1 aliphatic rings. The van der Waals surface area contributed by atoms with Crippen LogP contribution in [0.2, 0.25) is 0 Å². The lowest BCUT2D eigenvalue weighted by Gasteiger charge is -2.21. The SMILES string of the molecule is CNCC(CCSC)C1CCS(=O)(=O)C1. The van der Waals surface area contributed by atoms with Crippen LogP contribution >= 0.6 is 11.8 Å². The number of rotatable bonds is 6. The smallest absolute Gasteiger partial charge is 0.150 e. The Balaban J connectivity index is 2.49. The van der Waals surface area contributed by atoms with Crippen LogP contribution in [-0.2, 0) is 9.84 Å². The van der Waals surface area contributed by atoms with Crippen LogP contribution in [0.1, 0.15) is 12.8 Å². The van der Waals surface area contributed by atoms with Crippen molar-refractivity contribution in [3.05, 3.63) is 0 Å². The summed E-state index contributed by atoms with van der Waals surface area (Å²) in [6.07, 6.45) is 4.09. The van der Waals surface area contributed by atoms with Crippen molar-refractivity contribution in [1.82, 2.24) is 5.32 Å². The monoisotopic (exact) mass is 251 g/mol. The predicted octanol–water partition coefficient (Wildman–Crippen LogP) is 1.01. The summed E-state index contributed by atoms with van der Waals surface area (Å²) in [5.41, 5.74) is 0. The molecule has 0 bridgehead atoms. The maximum Gasteiger partial charge on any atom is 0.150 e. The third-order valence-electron chi connectivity index (χ3n) is 3.09. The van der Waals surface area contributed by atoms with Gasteiger partial charge in [-0.15, -0.1) is 0 Å². The Labute approximate surface area is 97.3 Å². The summed E-state index contributed by atoms with van der Waals surface area (Å²) in [5, 5.41) is 3.18. The molecule has 1 aliphatic heterocycles. The molecular formula is C10H21NO2S2. The zero-order chi connectivity index (χ0) is 11.3. The molecule has 2 atom stereocenters. The summed E-state index contributed by atoms with van der Waals surface area (Å²) in [7, 11) is -0.778. The van der Waals surface area contributed by atoms with E-state index in [0.29, 0.717) is 23.3 Å². The normalized spacial score (nSPS) is 26.7. The average molecular weight is 251 g/mol. The van der Waals surface area contributed by atoms with Crippen molar-refractivity contribution in [2.75, 3.05) is 37.1 Å². The minimum Gasteiger partial charge on any atom is -0.319 e. The lowest BCUT2D eigenvalue weighted by molar-refractivity contribution is 0.346. The van der Waals surface area contributed by atoms with Gasteiger partial charge in [0.25, 0.3) is 0 Å². The van der Waals surface area contributed by atoms with Crippen LogP contribution in [0.15, 0.2) is 0 Å². The van der Waals surface area contributed by atoms with Gasteiger partial charge in [-0.3, -0.25) is 0 Å². The fourth-order valence-corrected chi connectivity index (χ4v) is 4.69. The molecule has 90 valence electrons. The highest BCUT2D eigenvalue weighted by Gasteiger charge is 2.32. The van der Waals surface area contributed by atoms with E-state index in [9.17, 15) is 8.42 Å². The van der Waals surface area contributed by atoms with Crippen molar-refractivity contribution in [3.63, 3.8) is 0 Å². The van der Waals surface area contributed by atoms with Gasteiger partial charge >= 0.3 is 0 Å². The largest absolute Gasteiger partial charge is 0.319 e. The van der Waals surface area contributed by atoms with Crippen LogP contribution in [0.4, 0.5) is 0 Å². The van der Waals surface area contributed by atoms with Gasteiger partial charge in [-0.25, -0.2) is 8.42 Å². The predicted molar refractivity (Wildman–Crippen MR) is 67.2 cm³/mol. The van der Waals surface area contributed by atoms with Crippen LogP contribution < -0.4 is 5.32 Å². The Kier molecular flexibility index (Phi) is 5.43. The minimum atomic E-state index is -2.72. The molecule has 0 aliphatic carbocycles. The first-order valence-electron chi connectivity index (χ1n) is 5.43. The van der Waals surface area contributed by atoms with Crippen LogP contribution in [-0.4, -0.2) is 45.5 Å². The first kappa shape index (κ1) is 13.3. The van der Waals surface area contributed by atoms with E-state index in [0.717, 1.165) is 25.1 Å². The Bertz CT molecular complexity index is 277. The zero-order valence-corrected chi connectivity index (χ0v) is 11.2. The summed E-state index contributed by atoms with van der Waals surface area (Å²) >= 11 is 1.84. The fraction of sp³-hybridized carbons (Fsp3) is 1.00. The van der Waals surface area contributed by atoms with Crippen LogP contribution in [0, 0.1) is 11.8 Å². The number of sulfone groups is 1. The highest BCUT2D eigenvalue weighted by atomic mass is 32.2. The fourth-order valence-electron chi connectivity index (χ4n) is 2.23. The van der Waals surface area contributed by atoms with Crippen molar-refractivity contribution in [2.24, 2.45) is 11.8 Å². The van der Waals surface area contributed by atoms with E-state index >= 15 is 0 Å². The molecule has 15 heavy (non-hydrogen) atoms. The molecule has 1 heterocycles. The first-order valence-corrected chi connectivity index (χ1v) is 8.64. The Morgan fingerprint density at radius 3 is 2.73 bits per heavy atom. The van der Waals surface area contributed by atoms with E-state index in [4.69, 9.17) is 0 Å². The second-order valence-corrected chi connectivity index (χ2v) is 7.48. The topological polar surface area (TPSA) is 46.2 Å². The minimum absolute atomic E-state index is 0.384. The van der Waals surface area contributed by atoms with Gasteiger partial charge in [0.15, 0.2) is 9.84 Å². The molecule has 1 N–H and O–H groups in total. The van der Waals surface area contributed by atoms with Crippen molar-refractivity contribution >= 4 is 21.6 Å². The van der Waals surface area contributed by atoms with Crippen molar-refractivity contribution < 1.29 is 8.42 Å². The summed E-state index contributed by atoms with van der Waals surface area (Å²) in [5.74, 6) is 2.85. The summed E-state index contributed by atoms with van der Waals surface area (Å²) in [4.78, 5) is 0. The van der Waals surface area contributed by atoms with Crippen molar-refractivity contribution in [1.29, 1.82) is 0 Å². The molecule has 2 unspecified atom stereocenters. The maximum atomic E-state index is 11.4. The van der Waals surface area contributed by atoms with E-state index in [1.54, 1.807) is 0 Å². The van der Waals surface area contributed by atoms with Gasteiger partial charge in [-0.2, -0.15) is 11.8 Å². The molecule has 3 nitrogen and oxygen atoms in total.